The number of carbonyl (C=O) groups excluding carboxylic acids is 1. The SMILES string of the molecule is Cc1cc(=O)[nH]c(CNC(=O)c2ccc(C)c(OCCN)c2)n1. The number of ether oxygens (including phenoxy) is 1. The first-order chi connectivity index (χ1) is 11.0. The zero-order chi connectivity index (χ0) is 16.8. The van der Waals surface area contributed by atoms with Gasteiger partial charge in [0, 0.05) is 23.9 Å². The smallest absolute Gasteiger partial charge is 0.251 e. The van der Waals surface area contributed by atoms with E-state index in [1.54, 1.807) is 19.1 Å². The number of H-pyrrole nitrogens is 1. The molecule has 1 aromatic heterocycles. The maximum atomic E-state index is 12.2. The summed E-state index contributed by atoms with van der Waals surface area (Å²) in [7, 11) is 0. The minimum atomic E-state index is -0.272. The summed E-state index contributed by atoms with van der Waals surface area (Å²) < 4.78 is 5.51. The normalized spacial score (nSPS) is 10.4. The highest BCUT2D eigenvalue weighted by Gasteiger charge is 2.09. The molecule has 0 aliphatic rings. The Balaban J connectivity index is 2.06. The van der Waals surface area contributed by atoms with Crippen molar-refractivity contribution in [3.63, 3.8) is 0 Å². The number of carbonyl (C=O) groups is 1. The zero-order valence-electron chi connectivity index (χ0n) is 13.2. The van der Waals surface area contributed by atoms with Crippen LogP contribution in [0, 0.1) is 13.8 Å². The Morgan fingerprint density at radius 2 is 2.13 bits per heavy atom. The van der Waals surface area contributed by atoms with Crippen LogP contribution in [0.25, 0.3) is 0 Å². The lowest BCUT2D eigenvalue weighted by Crippen LogP contribution is -2.25. The molecule has 0 radical (unpaired) electrons. The lowest BCUT2D eigenvalue weighted by atomic mass is 10.1. The minimum absolute atomic E-state index is 0.141. The molecule has 1 heterocycles. The first-order valence-corrected chi connectivity index (χ1v) is 7.28. The van der Waals surface area contributed by atoms with Gasteiger partial charge in [-0.15, -0.1) is 0 Å². The fourth-order valence-corrected chi connectivity index (χ4v) is 2.06. The molecule has 0 aliphatic heterocycles. The molecule has 0 fully saturated rings. The molecule has 0 unspecified atom stereocenters. The number of benzene rings is 1. The zero-order valence-corrected chi connectivity index (χ0v) is 13.2. The molecular formula is C16H20N4O3. The van der Waals surface area contributed by atoms with E-state index in [1.807, 2.05) is 13.0 Å². The van der Waals surface area contributed by atoms with Crippen molar-refractivity contribution in [2.75, 3.05) is 13.2 Å². The maximum Gasteiger partial charge on any atom is 0.251 e. The lowest BCUT2D eigenvalue weighted by molar-refractivity contribution is 0.0949. The van der Waals surface area contributed by atoms with Gasteiger partial charge in [0.05, 0.1) is 6.54 Å². The third-order valence-electron chi connectivity index (χ3n) is 3.16. The van der Waals surface area contributed by atoms with Gasteiger partial charge in [-0.1, -0.05) is 6.07 Å². The first-order valence-electron chi connectivity index (χ1n) is 7.28. The summed E-state index contributed by atoms with van der Waals surface area (Å²) >= 11 is 0. The van der Waals surface area contributed by atoms with Crippen molar-refractivity contribution in [1.82, 2.24) is 15.3 Å². The average molecular weight is 316 g/mol. The summed E-state index contributed by atoms with van der Waals surface area (Å²) in [5.74, 6) is 0.770. The van der Waals surface area contributed by atoms with Crippen LogP contribution < -0.4 is 21.3 Å². The van der Waals surface area contributed by atoms with E-state index in [-0.39, 0.29) is 18.0 Å². The van der Waals surface area contributed by atoms with Gasteiger partial charge in [0.25, 0.3) is 11.5 Å². The molecule has 0 atom stereocenters. The van der Waals surface area contributed by atoms with Crippen LogP contribution in [0.1, 0.15) is 27.4 Å². The number of rotatable bonds is 6. The van der Waals surface area contributed by atoms with Crippen molar-refractivity contribution in [1.29, 1.82) is 0 Å². The van der Waals surface area contributed by atoms with Crippen molar-refractivity contribution < 1.29 is 9.53 Å². The van der Waals surface area contributed by atoms with Crippen LogP contribution in [0.3, 0.4) is 0 Å². The molecule has 2 rings (SSSR count). The highest BCUT2D eigenvalue weighted by molar-refractivity contribution is 5.94. The molecule has 0 bridgehead atoms. The van der Waals surface area contributed by atoms with Crippen LogP contribution in [-0.2, 0) is 6.54 Å². The number of aromatic amines is 1. The quantitative estimate of drug-likeness (QED) is 0.725. The number of nitrogens with one attached hydrogen (secondary N) is 2. The van der Waals surface area contributed by atoms with Crippen molar-refractivity contribution in [3.8, 4) is 5.75 Å². The summed E-state index contributed by atoms with van der Waals surface area (Å²) in [6, 6.07) is 6.60. The van der Waals surface area contributed by atoms with Gasteiger partial charge in [-0.05, 0) is 31.5 Å². The van der Waals surface area contributed by atoms with Crippen LogP contribution in [0.4, 0.5) is 0 Å². The maximum absolute atomic E-state index is 12.2. The van der Waals surface area contributed by atoms with E-state index in [4.69, 9.17) is 10.5 Å². The summed E-state index contributed by atoms with van der Waals surface area (Å²) in [5, 5.41) is 2.72. The Kier molecular flexibility index (Phi) is 5.48. The van der Waals surface area contributed by atoms with E-state index in [1.165, 1.54) is 6.07 Å². The number of hydrogen-bond donors (Lipinski definition) is 3. The summed E-state index contributed by atoms with van der Waals surface area (Å²) in [6.45, 7) is 4.56. The second-order valence-corrected chi connectivity index (χ2v) is 5.13. The molecule has 1 amide bonds. The molecule has 7 nitrogen and oxygen atoms in total. The highest BCUT2D eigenvalue weighted by Crippen LogP contribution is 2.19. The predicted molar refractivity (Wildman–Crippen MR) is 86.5 cm³/mol. The van der Waals surface area contributed by atoms with Gasteiger partial charge < -0.3 is 20.8 Å². The van der Waals surface area contributed by atoms with E-state index in [9.17, 15) is 9.59 Å². The lowest BCUT2D eigenvalue weighted by Gasteiger charge is -2.10. The van der Waals surface area contributed by atoms with Gasteiger partial charge in [0.1, 0.15) is 18.2 Å². The van der Waals surface area contributed by atoms with Gasteiger partial charge in [0.2, 0.25) is 0 Å². The molecule has 23 heavy (non-hydrogen) atoms. The molecule has 7 heteroatoms. The summed E-state index contributed by atoms with van der Waals surface area (Å²) in [5.41, 5.74) is 7.18. The number of nitrogens with two attached hydrogens (primary N) is 1. The largest absolute Gasteiger partial charge is 0.492 e. The van der Waals surface area contributed by atoms with Gasteiger partial charge in [-0.25, -0.2) is 4.98 Å². The molecular weight excluding hydrogens is 296 g/mol. The molecule has 4 N–H and O–H groups in total. The van der Waals surface area contributed by atoms with Crippen molar-refractivity contribution in [2.45, 2.75) is 20.4 Å². The Bertz CT molecular complexity index is 755. The predicted octanol–water partition coefficient (Wildman–Crippen LogP) is 0.654. The third-order valence-corrected chi connectivity index (χ3v) is 3.16. The second kappa shape index (κ2) is 7.55. The fourth-order valence-electron chi connectivity index (χ4n) is 2.06. The van der Waals surface area contributed by atoms with Gasteiger partial charge in [0.15, 0.2) is 0 Å². The molecule has 122 valence electrons. The van der Waals surface area contributed by atoms with E-state index >= 15 is 0 Å². The molecule has 0 spiro atoms. The number of aryl methyl sites for hydroxylation is 2. The molecule has 0 aliphatic carbocycles. The van der Waals surface area contributed by atoms with Crippen LogP contribution in [0.5, 0.6) is 5.75 Å². The number of hydrogen-bond acceptors (Lipinski definition) is 5. The monoisotopic (exact) mass is 316 g/mol. The third kappa shape index (κ3) is 4.65. The average Bonchev–Trinajstić information content (AvgIpc) is 2.51. The van der Waals surface area contributed by atoms with Gasteiger partial charge in [-0.2, -0.15) is 0 Å². The summed E-state index contributed by atoms with van der Waals surface area (Å²) in [6.07, 6.45) is 0. The minimum Gasteiger partial charge on any atom is -0.492 e. The molecule has 1 aromatic carbocycles. The summed E-state index contributed by atoms with van der Waals surface area (Å²) in [4.78, 5) is 30.3. The Morgan fingerprint density at radius 1 is 1.35 bits per heavy atom. The van der Waals surface area contributed by atoms with Gasteiger partial charge >= 0.3 is 0 Å². The highest BCUT2D eigenvalue weighted by atomic mass is 16.5. The Labute approximate surface area is 133 Å². The number of nitrogens with zero attached hydrogens (tertiary/aromatic N) is 1. The topological polar surface area (TPSA) is 110 Å². The van der Waals surface area contributed by atoms with Crippen LogP contribution in [-0.4, -0.2) is 29.0 Å². The fraction of sp³-hybridized carbons (Fsp3) is 0.312. The van der Waals surface area contributed by atoms with Gasteiger partial charge in [-0.3, -0.25) is 9.59 Å². The molecule has 0 saturated heterocycles. The van der Waals surface area contributed by atoms with E-state index in [0.29, 0.717) is 36.0 Å². The van der Waals surface area contributed by atoms with Crippen LogP contribution in [0.15, 0.2) is 29.1 Å². The van der Waals surface area contributed by atoms with Crippen molar-refractivity contribution in [3.05, 3.63) is 57.3 Å². The van der Waals surface area contributed by atoms with E-state index in [0.717, 1.165) is 5.56 Å². The van der Waals surface area contributed by atoms with Crippen LogP contribution in [0.2, 0.25) is 0 Å². The van der Waals surface area contributed by atoms with Crippen molar-refractivity contribution >= 4 is 5.91 Å². The number of amides is 1. The van der Waals surface area contributed by atoms with E-state index in [2.05, 4.69) is 15.3 Å². The Morgan fingerprint density at radius 3 is 2.83 bits per heavy atom. The second-order valence-electron chi connectivity index (χ2n) is 5.13. The molecule has 2 aromatic rings. The van der Waals surface area contributed by atoms with E-state index < -0.39 is 0 Å². The Hall–Kier alpha value is -2.67. The van der Waals surface area contributed by atoms with Crippen molar-refractivity contribution in [2.24, 2.45) is 5.73 Å². The van der Waals surface area contributed by atoms with Crippen LogP contribution >= 0.6 is 0 Å². The first kappa shape index (κ1) is 16.7. The number of aromatic nitrogens is 2. The molecule has 0 saturated carbocycles. The standard InChI is InChI=1S/C16H20N4O3/c1-10-3-4-12(8-13(10)23-6-5-17)16(22)18-9-14-19-11(2)7-15(21)20-14/h3-4,7-8H,5-6,9,17H2,1-2H3,(H,18,22)(H,19,20,21).